The highest BCUT2D eigenvalue weighted by Gasteiger charge is 2.24. The van der Waals surface area contributed by atoms with Crippen molar-refractivity contribution in [2.24, 2.45) is 11.8 Å². The lowest BCUT2D eigenvalue weighted by atomic mass is 9.87. The summed E-state index contributed by atoms with van der Waals surface area (Å²) < 4.78 is 0. The lowest BCUT2D eigenvalue weighted by molar-refractivity contribution is -0.128. The molecule has 1 saturated carbocycles. The van der Waals surface area contributed by atoms with Gasteiger partial charge in [0.25, 0.3) is 0 Å². The normalized spacial score (nSPS) is 25.6. The number of hydrogen-bond donors (Lipinski definition) is 2. The van der Waals surface area contributed by atoms with Crippen molar-refractivity contribution < 1.29 is 9.59 Å². The Bertz CT molecular complexity index is 288. The van der Waals surface area contributed by atoms with Gasteiger partial charge in [0, 0.05) is 19.5 Å². The van der Waals surface area contributed by atoms with Crippen molar-refractivity contribution in [1.82, 2.24) is 10.6 Å². The van der Waals surface area contributed by atoms with Crippen molar-refractivity contribution >= 4 is 11.8 Å². The predicted molar refractivity (Wildman–Crippen MR) is 69.9 cm³/mol. The van der Waals surface area contributed by atoms with Gasteiger partial charge in [-0.25, -0.2) is 0 Å². The molecular formula is C14H24N2O2. The van der Waals surface area contributed by atoms with E-state index in [1.807, 2.05) is 0 Å². The van der Waals surface area contributed by atoms with Crippen LogP contribution in [0, 0.1) is 11.8 Å². The molecule has 0 aromatic carbocycles. The standard InChI is InChI=1S/C14H24N2O2/c17-13-7-6-12(10-16-13)14(18)15-9-8-11-4-2-1-3-5-11/h11-12H,1-10H2,(H,15,18)(H,16,17). The first-order valence-electron chi connectivity index (χ1n) is 7.30. The van der Waals surface area contributed by atoms with Gasteiger partial charge < -0.3 is 10.6 Å². The summed E-state index contributed by atoms with van der Waals surface area (Å²) in [7, 11) is 0. The van der Waals surface area contributed by atoms with Crippen LogP contribution in [0.2, 0.25) is 0 Å². The Balaban J connectivity index is 1.60. The number of nitrogens with one attached hydrogen (secondary N) is 2. The number of rotatable bonds is 4. The highest BCUT2D eigenvalue weighted by atomic mass is 16.2. The summed E-state index contributed by atoms with van der Waals surface area (Å²) in [5.41, 5.74) is 0. The van der Waals surface area contributed by atoms with Gasteiger partial charge in [0.15, 0.2) is 0 Å². The molecule has 1 aliphatic carbocycles. The molecule has 2 rings (SSSR count). The largest absolute Gasteiger partial charge is 0.356 e. The van der Waals surface area contributed by atoms with Gasteiger partial charge in [-0.2, -0.15) is 0 Å². The first-order valence-corrected chi connectivity index (χ1v) is 7.30. The zero-order valence-corrected chi connectivity index (χ0v) is 11.0. The summed E-state index contributed by atoms with van der Waals surface area (Å²) in [5.74, 6) is 0.978. The monoisotopic (exact) mass is 252 g/mol. The minimum Gasteiger partial charge on any atom is -0.356 e. The Morgan fingerprint density at radius 3 is 2.67 bits per heavy atom. The maximum absolute atomic E-state index is 11.9. The quantitative estimate of drug-likeness (QED) is 0.798. The van der Waals surface area contributed by atoms with Crippen molar-refractivity contribution in [3.05, 3.63) is 0 Å². The van der Waals surface area contributed by atoms with Crippen molar-refractivity contribution in [3.63, 3.8) is 0 Å². The fourth-order valence-corrected chi connectivity index (χ4v) is 2.98. The van der Waals surface area contributed by atoms with E-state index in [1.54, 1.807) is 0 Å². The third kappa shape index (κ3) is 4.00. The van der Waals surface area contributed by atoms with E-state index in [-0.39, 0.29) is 17.7 Å². The molecule has 0 aromatic rings. The van der Waals surface area contributed by atoms with E-state index >= 15 is 0 Å². The van der Waals surface area contributed by atoms with Gasteiger partial charge in [-0.15, -0.1) is 0 Å². The summed E-state index contributed by atoms with van der Waals surface area (Å²) in [6.07, 6.45) is 9.04. The van der Waals surface area contributed by atoms with Crippen LogP contribution in [0.3, 0.4) is 0 Å². The Morgan fingerprint density at radius 2 is 2.00 bits per heavy atom. The molecule has 2 fully saturated rings. The van der Waals surface area contributed by atoms with Gasteiger partial charge in [0.05, 0.1) is 5.92 Å². The molecule has 1 saturated heterocycles. The lowest BCUT2D eigenvalue weighted by Gasteiger charge is -2.24. The van der Waals surface area contributed by atoms with E-state index in [1.165, 1.54) is 32.1 Å². The molecule has 1 atom stereocenters. The summed E-state index contributed by atoms with van der Waals surface area (Å²) in [6.45, 7) is 1.31. The number of carbonyl (C=O) groups excluding carboxylic acids is 2. The van der Waals surface area contributed by atoms with E-state index in [0.717, 1.165) is 18.9 Å². The van der Waals surface area contributed by atoms with E-state index in [9.17, 15) is 9.59 Å². The van der Waals surface area contributed by atoms with Crippen molar-refractivity contribution in [2.45, 2.75) is 51.4 Å². The zero-order valence-electron chi connectivity index (χ0n) is 11.0. The Hall–Kier alpha value is -1.06. The molecule has 4 heteroatoms. The highest BCUT2D eigenvalue weighted by molar-refractivity contribution is 5.83. The minimum atomic E-state index is -0.0194. The van der Waals surface area contributed by atoms with Gasteiger partial charge >= 0.3 is 0 Å². The molecule has 2 N–H and O–H groups in total. The summed E-state index contributed by atoms with van der Waals surface area (Å²) in [4.78, 5) is 22.9. The molecule has 0 aromatic heterocycles. The average Bonchev–Trinajstić information content (AvgIpc) is 2.40. The molecule has 18 heavy (non-hydrogen) atoms. The predicted octanol–water partition coefficient (Wildman–Crippen LogP) is 1.60. The number of hydrogen-bond acceptors (Lipinski definition) is 2. The van der Waals surface area contributed by atoms with Crippen LogP contribution in [0.5, 0.6) is 0 Å². The first kappa shape index (κ1) is 13.4. The second-order valence-corrected chi connectivity index (χ2v) is 5.62. The van der Waals surface area contributed by atoms with Crippen molar-refractivity contribution in [1.29, 1.82) is 0 Å². The third-order valence-electron chi connectivity index (χ3n) is 4.21. The van der Waals surface area contributed by atoms with Crippen LogP contribution in [0.1, 0.15) is 51.4 Å². The lowest BCUT2D eigenvalue weighted by Crippen LogP contribution is -2.43. The van der Waals surface area contributed by atoms with E-state index < -0.39 is 0 Å². The smallest absolute Gasteiger partial charge is 0.224 e. The molecule has 0 radical (unpaired) electrons. The van der Waals surface area contributed by atoms with Gasteiger partial charge in [0.2, 0.25) is 11.8 Å². The average molecular weight is 252 g/mol. The number of amides is 2. The maximum atomic E-state index is 11.9. The second kappa shape index (κ2) is 6.76. The van der Waals surface area contributed by atoms with Crippen LogP contribution in [0.4, 0.5) is 0 Å². The van der Waals surface area contributed by atoms with E-state index in [4.69, 9.17) is 0 Å². The molecule has 1 aliphatic heterocycles. The number of piperidine rings is 1. The molecule has 0 spiro atoms. The maximum Gasteiger partial charge on any atom is 0.224 e. The molecule has 0 bridgehead atoms. The van der Waals surface area contributed by atoms with Crippen LogP contribution in [0.15, 0.2) is 0 Å². The SMILES string of the molecule is O=C1CCC(C(=O)NCCC2CCCCC2)CN1. The highest BCUT2D eigenvalue weighted by Crippen LogP contribution is 2.25. The molecule has 1 heterocycles. The third-order valence-corrected chi connectivity index (χ3v) is 4.21. The minimum absolute atomic E-state index is 0.0194. The van der Waals surface area contributed by atoms with E-state index in [2.05, 4.69) is 10.6 Å². The first-order chi connectivity index (χ1) is 8.75. The second-order valence-electron chi connectivity index (χ2n) is 5.62. The fraction of sp³-hybridized carbons (Fsp3) is 0.857. The molecule has 102 valence electrons. The Labute approximate surface area is 109 Å². The van der Waals surface area contributed by atoms with Crippen molar-refractivity contribution in [2.75, 3.05) is 13.1 Å². The van der Waals surface area contributed by atoms with Crippen LogP contribution in [0.25, 0.3) is 0 Å². The van der Waals surface area contributed by atoms with Gasteiger partial charge in [-0.3, -0.25) is 9.59 Å². The van der Waals surface area contributed by atoms with Gasteiger partial charge in [-0.1, -0.05) is 32.1 Å². The van der Waals surface area contributed by atoms with E-state index in [0.29, 0.717) is 19.4 Å². The molecule has 1 unspecified atom stereocenters. The summed E-state index contributed by atoms with van der Waals surface area (Å²) in [5, 5.41) is 5.78. The van der Waals surface area contributed by atoms with Gasteiger partial charge in [-0.05, 0) is 18.8 Å². The fourth-order valence-electron chi connectivity index (χ4n) is 2.98. The number of carbonyl (C=O) groups is 2. The van der Waals surface area contributed by atoms with Crippen molar-refractivity contribution in [3.8, 4) is 0 Å². The van der Waals surface area contributed by atoms with Crippen LogP contribution < -0.4 is 10.6 Å². The summed E-state index contributed by atoms with van der Waals surface area (Å²) >= 11 is 0. The van der Waals surface area contributed by atoms with Gasteiger partial charge in [0.1, 0.15) is 0 Å². The Morgan fingerprint density at radius 1 is 1.22 bits per heavy atom. The zero-order chi connectivity index (χ0) is 12.8. The molecule has 2 aliphatic rings. The topological polar surface area (TPSA) is 58.2 Å². The molecule has 4 nitrogen and oxygen atoms in total. The van der Waals surface area contributed by atoms with Crippen LogP contribution in [-0.4, -0.2) is 24.9 Å². The molecular weight excluding hydrogens is 228 g/mol. The van der Waals surface area contributed by atoms with Crippen LogP contribution in [-0.2, 0) is 9.59 Å². The Kier molecular flexibility index (Phi) is 5.02. The molecule has 2 amide bonds. The van der Waals surface area contributed by atoms with Crippen LogP contribution >= 0.6 is 0 Å². The summed E-state index contributed by atoms with van der Waals surface area (Å²) in [6, 6.07) is 0.